The van der Waals surface area contributed by atoms with Crippen molar-refractivity contribution in [2.45, 2.75) is 39.3 Å². The van der Waals surface area contributed by atoms with E-state index in [0.717, 1.165) is 23.8 Å². The maximum Gasteiger partial charge on any atom is 0.287 e. The van der Waals surface area contributed by atoms with E-state index in [1.54, 1.807) is 7.11 Å². The van der Waals surface area contributed by atoms with E-state index in [2.05, 4.69) is 19.2 Å². The lowest BCUT2D eigenvalue weighted by Gasteiger charge is -2.14. The Hall–Kier alpha value is -1.81. The maximum atomic E-state index is 12.4. The van der Waals surface area contributed by atoms with Gasteiger partial charge in [0.1, 0.15) is 5.58 Å². The number of carbonyl (C=O) groups is 1. The first kappa shape index (κ1) is 14.6. The molecule has 20 heavy (non-hydrogen) atoms. The van der Waals surface area contributed by atoms with Gasteiger partial charge in [-0.05, 0) is 18.9 Å². The number of para-hydroxylation sites is 1. The van der Waals surface area contributed by atoms with Crippen LogP contribution in [0.4, 0.5) is 0 Å². The lowest BCUT2D eigenvalue weighted by Crippen LogP contribution is -2.34. The fraction of sp³-hybridized carbons (Fsp3) is 0.438. The molecule has 0 saturated carbocycles. The molecule has 4 nitrogen and oxygen atoms in total. The molecule has 0 aliphatic heterocycles. The number of nitrogens with one attached hydrogen (secondary N) is 1. The van der Waals surface area contributed by atoms with E-state index >= 15 is 0 Å². The molecule has 1 aromatic heterocycles. The number of hydrogen-bond acceptors (Lipinski definition) is 3. The van der Waals surface area contributed by atoms with Crippen LogP contribution >= 0.6 is 0 Å². The van der Waals surface area contributed by atoms with Crippen LogP contribution in [0.2, 0.25) is 0 Å². The molecule has 4 heteroatoms. The van der Waals surface area contributed by atoms with Crippen molar-refractivity contribution in [3.05, 3.63) is 35.6 Å². The number of rotatable bonds is 6. The number of furan rings is 1. The quantitative estimate of drug-likeness (QED) is 0.877. The predicted molar refractivity (Wildman–Crippen MR) is 78.8 cm³/mol. The van der Waals surface area contributed by atoms with Gasteiger partial charge >= 0.3 is 0 Å². The summed E-state index contributed by atoms with van der Waals surface area (Å²) < 4.78 is 10.9. The molecule has 108 valence electrons. The van der Waals surface area contributed by atoms with Crippen LogP contribution in [0, 0.1) is 0 Å². The molecule has 1 heterocycles. The monoisotopic (exact) mass is 275 g/mol. The molecular weight excluding hydrogens is 254 g/mol. The topological polar surface area (TPSA) is 51.5 Å². The van der Waals surface area contributed by atoms with Crippen molar-refractivity contribution >= 4 is 16.9 Å². The molecule has 0 spiro atoms. The summed E-state index contributed by atoms with van der Waals surface area (Å²) in [5, 5.41) is 3.94. The Morgan fingerprint density at radius 3 is 2.65 bits per heavy atom. The Morgan fingerprint density at radius 2 is 2.00 bits per heavy atom. The first-order chi connectivity index (χ1) is 9.71. The number of benzene rings is 1. The van der Waals surface area contributed by atoms with Gasteiger partial charge in [0.2, 0.25) is 0 Å². The number of ether oxygens (including phenoxy) is 1. The number of fused-ring (bicyclic) bond motifs is 1. The number of methoxy groups -OCH3 is 1. The molecule has 0 saturated heterocycles. The van der Waals surface area contributed by atoms with E-state index in [1.807, 2.05) is 24.3 Å². The molecule has 0 unspecified atom stereocenters. The zero-order valence-corrected chi connectivity index (χ0v) is 12.2. The number of amides is 1. The van der Waals surface area contributed by atoms with Gasteiger partial charge in [-0.25, -0.2) is 0 Å². The third-order valence-corrected chi connectivity index (χ3v) is 3.51. The standard InChI is InChI=1S/C16H21NO3/c1-4-11(5-2)17-16(18)15-13(10-19-3)12-8-6-7-9-14(12)20-15/h6-9,11H,4-5,10H2,1-3H3,(H,17,18). The normalized spacial score (nSPS) is 11.2. The van der Waals surface area contributed by atoms with E-state index in [9.17, 15) is 4.79 Å². The fourth-order valence-electron chi connectivity index (χ4n) is 2.31. The van der Waals surface area contributed by atoms with Crippen molar-refractivity contribution < 1.29 is 13.9 Å². The average molecular weight is 275 g/mol. The molecule has 2 rings (SSSR count). The van der Waals surface area contributed by atoms with Crippen LogP contribution in [0.5, 0.6) is 0 Å². The molecule has 1 aromatic carbocycles. The summed E-state index contributed by atoms with van der Waals surface area (Å²) in [7, 11) is 1.62. The first-order valence-electron chi connectivity index (χ1n) is 7.01. The summed E-state index contributed by atoms with van der Waals surface area (Å²) in [4.78, 5) is 12.4. The third kappa shape index (κ3) is 2.85. The Balaban J connectivity index is 2.37. The van der Waals surface area contributed by atoms with Crippen LogP contribution in [0.25, 0.3) is 11.0 Å². The van der Waals surface area contributed by atoms with E-state index in [4.69, 9.17) is 9.15 Å². The SMILES string of the molecule is CCC(CC)NC(=O)c1oc2ccccc2c1COC. The van der Waals surface area contributed by atoms with Gasteiger partial charge < -0.3 is 14.5 Å². The van der Waals surface area contributed by atoms with Gasteiger partial charge in [-0.2, -0.15) is 0 Å². The molecule has 1 amide bonds. The molecule has 0 radical (unpaired) electrons. The molecule has 0 fully saturated rings. The largest absolute Gasteiger partial charge is 0.451 e. The minimum atomic E-state index is -0.165. The second-order valence-electron chi connectivity index (χ2n) is 4.83. The Bertz CT molecular complexity index is 584. The van der Waals surface area contributed by atoms with Gasteiger partial charge in [-0.1, -0.05) is 32.0 Å². The van der Waals surface area contributed by atoms with E-state index in [-0.39, 0.29) is 11.9 Å². The highest BCUT2D eigenvalue weighted by Crippen LogP contribution is 2.26. The predicted octanol–water partition coefficient (Wildman–Crippen LogP) is 3.50. The van der Waals surface area contributed by atoms with Crippen LogP contribution in [0.1, 0.15) is 42.8 Å². The molecule has 1 N–H and O–H groups in total. The minimum absolute atomic E-state index is 0.165. The van der Waals surface area contributed by atoms with Crippen molar-refractivity contribution in [3.63, 3.8) is 0 Å². The fourth-order valence-corrected chi connectivity index (χ4v) is 2.31. The number of hydrogen-bond donors (Lipinski definition) is 1. The van der Waals surface area contributed by atoms with Crippen molar-refractivity contribution in [2.24, 2.45) is 0 Å². The molecule has 0 aliphatic carbocycles. The second kappa shape index (κ2) is 6.57. The van der Waals surface area contributed by atoms with Crippen LogP contribution in [0.15, 0.2) is 28.7 Å². The average Bonchev–Trinajstić information content (AvgIpc) is 2.84. The smallest absolute Gasteiger partial charge is 0.287 e. The first-order valence-corrected chi connectivity index (χ1v) is 7.01. The second-order valence-corrected chi connectivity index (χ2v) is 4.83. The van der Waals surface area contributed by atoms with E-state index in [1.165, 1.54) is 0 Å². The third-order valence-electron chi connectivity index (χ3n) is 3.51. The van der Waals surface area contributed by atoms with Crippen molar-refractivity contribution in [2.75, 3.05) is 7.11 Å². The van der Waals surface area contributed by atoms with Crippen LogP contribution in [-0.4, -0.2) is 19.1 Å². The maximum absolute atomic E-state index is 12.4. The highest BCUT2D eigenvalue weighted by molar-refractivity contribution is 5.99. The molecular formula is C16H21NO3. The molecule has 0 atom stereocenters. The Morgan fingerprint density at radius 1 is 1.30 bits per heavy atom. The Labute approximate surface area is 119 Å². The highest BCUT2D eigenvalue weighted by atomic mass is 16.5. The summed E-state index contributed by atoms with van der Waals surface area (Å²) in [5.74, 6) is 0.196. The van der Waals surface area contributed by atoms with Crippen LogP contribution in [-0.2, 0) is 11.3 Å². The summed E-state index contributed by atoms with van der Waals surface area (Å²) in [6.07, 6.45) is 1.81. The van der Waals surface area contributed by atoms with E-state index < -0.39 is 0 Å². The van der Waals surface area contributed by atoms with Gasteiger partial charge in [0.05, 0.1) is 6.61 Å². The van der Waals surface area contributed by atoms with E-state index in [0.29, 0.717) is 18.0 Å². The summed E-state index contributed by atoms with van der Waals surface area (Å²) in [5.41, 5.74) is 1.53. The van der Waals surface area contributed by atoms with Crippen molar-refractivity contribution in [3.8, 4) is 0 Å². The molecule has 2 aromatic rings. The summed E-state index contributed by atoms with van der Waals surface area (Å²) >= 11 is 0. The Kier molecular flexibility index (Phi) is 4.79. The molecule has 0 aliphatic rings. The van der Waals surface area contributed by atoms with Crippen LogP contribution < -0.4 is 5.32 Å². The van der Waals surface area contributed by atoms with Gasteiger partial charge in [-0.15, -0.1) is 0 Å². The zero-order chi connectivity index (χ0) is 14.5. The van der Waals surface area contributed by atoms with Gasteiger partial charge in [0.25, 0.3) is 5.91 Å². The van der Waals surface area contributed by atoms with Gasteiger partial charge in [-0.3, -0.25) is 4.79 Å². The lowest BCUT2D eigenvalue weighted by atomic mass is 10.1. The van der Waals surface area contributed by atoms with Crippen molar-refractivity contribution in [1.29, 1.82) is 0 Å². The highest BCUT2D eigenvalue weighted by Gasteiger charge is 2.21. The lowest BCUT2D eigenvalue weighted by molar-refractivity contribution is 0.0902. The zero-order valence-electron chi connectivity index (χ0n) is 12.2. The van der Waals surface area contributed by atoms with Gasteiger partial charge in [0, 0.05) is 24.1 Å². The summed E-state index contributed by atoms with van der Waals surface area (Å²) in [6.45, 7) is 4.48. The molecule has 0 bridgehead atoms. The minimum Gasteiger partial charge on any atom is -0.451 e. The summed E-state index contributed by atoms with van der Waals surface area (Å²) in [6, 6.07) is 7.81. The van der Waals surface area contributed by atoms with Crippen molar-refractivity contribution in [1.82, 2.24) is 5.32 Å². The van der Waals surface area contributed by atoms with Gasteiger partial charge in [0.15, 0.2) is 5.76 Å². The van der Waals surface area contributed by atoms with Crippen LogP contribution in [0.3, 0.4) is 0 Å². The number of carbonyl (C=O) groups excluding carboxylic acids is 1.